The van der Waals surface area contributed by atoms with Crippen LogP contribution in [0.2, 0.25) is 0 Å². The van der Waals surface area contributed by atoms with Gasteiger partial charge >= 0.3 is 5.97 Å². The van der Waals surface area contributed by atoms with Crippen molar-refractivity contribution in [1.29, 1.82) is 0 Å². The standard InChI is InChI=1S/C12H11NO3/c14-11(15)12(7-4-8-13-9-12)16-10-5-2-1-3-6-10/h1-8H,9H2,(H,14,15). The average molecular weight is 217 g/mol. The zero-order chi connectivity index (χ0) is 11.4. The van der Waals surface area contributed by atoms with Crippen LogP contribution in [0.25, 0.3) is 0 Å². The van der Waals surface area contributed by atoms with Gasteiger partial charge in [0.2, 0.25) is 5.60 Å². The van der Waals surface area contributed by atoms with E-state index in [4.69, 9.17) is 4.74 Å². The highest BCUT2D eigenvalue weighted by atomic mass is 16.5. The highest BCUT2D eigenvalue weighted by Gasteiger charge is 2.39. The third kappa shape index (κ3) is 1.95. The second-order valence-electron chi connectivity index (χ2n) is 3.46. The van der Waals surface area contributed by atoms with Crippen molar-refractivity contribution in [3.63, 3.8) is 0 Å². The van der Waals surface area contributed by atoms with Crippen LogP contribution in [0.15, 0.2) is 47.5 Å². The number of allylic oxidation sites excluding steroid dienone is 1. The Morgan fingerprint density at radius 2 is 2.12 bits per heavy atom. The fraction of sp³-hybridized carbons (Fsp3) is 0.167. The third-order valence-electron chi connectivity index (χ3n) is 2.29. The van der Waals surface area contributed by atoms with Crippen LogP contribution in [0.1, 0.15) is 0 Å². The van der Waals surface area contributed by atoms with Gasteiger partial charge in [-0.1, -0.05) is 18.2 Å². The van der Waals surface area contributed by atoms with Crippen LogP contribution in [0, 0.1) is 0 Å². The predicted molar refractivity (Wildman–Crippen MR) is 59.9 cm³/mol. The lowest BCUT2D eigenvalue weighted by Crippen LogP contribution is -2.46. The van der Waals surface area contributed by atoms with Crippen LogP contribution >= 0.6 is 0 Å². The topological polar surface area (TPSA) is 58.9 Å². The van der Waals surface area contributed by atoms with E-state index in [1.807, 2.05) is 6.07 Å². The first kappa shape index (κ1) is 10.4. The smallest absolute Gasteiger partial charge is 0.354 e. The third-order valence-corrected chi connectivity index (χ3v) is 2.29. The minimum absolute atomic E-state index is 0.0910. The number of rotatable bonds is 3. The van der Waals surface area contributed by atoms with E-state index >= 15 is 0 Å². The van der Waals surface area contributed by atoms with Gasteiger partial charge in [0.05, 0.1) is 6.54 Å². The number of aliphatic carboxylic acids is 1. The van der Waals surface area contributed by atoms with Gasteiger partial charge in [-0.25, -0.2) is 4.79 Å². The molecule has 0 bridgehead atoms. The Labute approximate surface area is 92.9 Å². The number of carboxylic acids is 1. The molecular weight excluding hydrogens is 206 g/mol. The Hall–Kier alpha value is -2.10. The zero-order valence-corrected chi connectivity index (χ0v) is 8.54. The number of carbonyl (C=O) groups is 1. The van der Waals surface area contributed by atoms with Crippen molar-refractivity contribution in [2.75, 3.05) is 6.54 Å². The van der Waals surface area contributed by atoms with Crippen LogP contribution in [0.4, 0.5) is 0 Å². The lowest BCUT2D eigenvalue weighted by Gasteiger charge is -2.26. The van der Waals surface area contributed by atoms with Crippen LogP contribution in [0.3, 0.4) is 0 Å². The molecule has 1 aliphatic heterocycles. The molecule has 0 spiro atoms. The van der Waals surface area contributed by atoms with Crippen molar-refractivity contribution in [1.82, 2.24) is 0 Å². The van der Waals surface area contributed by atoms with E-state index in [0.29, 0.717) is 5.75 Å². The normalized spacial score (nSPS) is 23.0. The summed E-state index contributed by atoms with van der Waals surface area (Å²) in [5.74, 6) is -0.517. The maximum absolute atomic E-state index is 11.2. The molecule has 0 aliphatic carbocycles. The Balaban J connectivity index is 2.25. The molecule has 1 aliphatic rings. The van der Waals surface area contributed by atoms with Crippen molar-refractivity contribution in [2.24, 2.45) is 4.99 Å². The maximum Gasteiger partial charge on any atom is 0.354 e. The molecule has 0 fully saturated rings. The fourth-order valence-corrected chi connectivity index (χ4v) is 1.45. The summed E-state index contributed by atoms with van der Waals surface area (Å²) in [5, 5.41) is 9.20. The molecule has 0 aromatic heterocycles. The van der Waals surface area contributed by atoms with Crippen molar-refractivity contribution in [2.45, 2.75) is 5.60 Å². The van der Waals surface area contributed by atoms with Crippen LogP contribution in [-0.2, 0) is 4.79 Å². The van der Waals surface area contributed by atoms with E-state index < -0.39 is 11.6 Å². The number of aliphatic imine (C=N–C) groups is 1. The number of nitrogens with zero attached hydrogens (tertiary/aromatic N) is 1. The second kappa shape index (κ2) is 4.18. The number of dihydropyridines is 1. The highest BCUT2D eigenvalue weighted by Crippen LogP contribution is 2.22. The summed E-state index contributed by atoms with van der Waals surface area (Å²) >= 11 is 0. The first-order chi connectivity index (χ1) is 7.73. The van der Waals surface area contributed by atoms with Gasteiger partial charge in [-0.05, 0) is 24.3 Å². The second-order valence-corrected chi connectivity index (χ2v) is 3.46. The molecule has 1 aromatic rings. The molecule has 0 saturated heterocycles. The van der Waals surface area contributed by atoms with Gasteiger partial charge in [-0.2, -0.15) is 0 Å². The number of carboxylic acid groups (broad SMARTS) is 1. The summed E-state index contributed by atoms with van der Waals surface area (Å²) in [7, 11) is 0. The molecule has 4 nitrogen and oxygen atoms in total. The van der Waals surface area contributed by atoms with E-state index in [-0.39, 0.29) is 6.54 Å². The molecular formula is C12H11NO3. The van der Waals surface area contributed by atoms with E-state index in [9.17, 15) is 9.90 Å². The number of para-hydroxylation sites is 1. The summed E-state index contributed by atoms with van der Waals surface area (Å²) in [4.78, 5) is 15.2. The van der Waals surface area contributed by atoms with Crippen LogP contribution in [-0.4, -0.2) is 29.4 Å². The Kier molecular flexibility index (Phi) is 2.72. The van der Waals surface area contributed by atoms with Gasteiger partial charge in [0.15, 0.2) is 0 Å². The molecule has 0 radical (unpaired) electrons. The van der Waals surface area contributed by atoms with Crippen molar-refractivity contribution >= 4 is 12.2 Å². The fourth-order valence-electron chi connectivity index (χ4n) is 1.45. The largest absolute Gasteiger partial charge is 0.478 e. The van der Waals surface area contributed by atoms with Crippen LogP contribution < -0.4 is 4.74 Å². The minimum Gasteiger partial charge on any atom is -0.478 e. The summed E-state index contributed by atoms with van der Waals surface area (Å²) < 4.78 is 5.50. The molecule has 1 unspecified atom stereocenters. The molecule has 4 heteroatoms. The molecule has 2 rings (SSSR count). The highest BCUT2D eigenvalue weighted by molar-refractivity contribution is 5.85. The molecule has 1 aromatic carbocycles. The first-order valence-corrected chi connectivity index (χ1v) is 4.88. The summed E-state index contributed by atoms with van der Waals surface area (Å²) in [6, 6.07) is 8.87. The molecule has 0 saturated carbocycles. The van der Waals surface area contributed by atoms with Crippen molar-refractivity contribution in [3.8, 4) is 5.75 Å². The number of benzene rings is 1. The van der Waals surface area contributed by atoms with Crippen molar-refractivity contribution < 1.29 is 14.6 Å². The van der Waals surface area contributed by atoms with Gasteiger partial charge in [0.25, 0.3) is 0 Å². The molecule has 0 amide bonds. The van der Waals surface area contributed by atoms with Crippen LogP contribution in [0.5, 0.6) is 5.75 Å². The first-order valence-electron chi connectivity index (χ1n) is 4.88. The molecule has 1 heterocycles. The predicted octanol–water partition coefficient (Wildman–Crippen LogP) is 1.53. The Bertz CT molecular complexity index is 439. The van der Waals surface area contributed by atoms with Gasteiger partial charge < -0.3 is 9.84 Å². The van der Waals surface area contributed by atoms with Crippen molar-refractivity contribution in [3.05, 3.63) is 42.5 Å². The molecule has 1 atom stereocenters. The minimum atomic E-state index is -1.38. The van der Waals surface area contributed by atoms with Gasteiger partial charge in [-0.3, -0.25) is 4.99 Å². The van der Waals surface area contributed by atoms with E-state index in [0.717, 1.165) is 0 Å². The lowest BCUT2D eigenvalue weighted by molar-refractivity contribution is -0.150. The van der Waals surface area contributed by atoms with Gasteiger partial charge in [-0.15, -0.1) is 0 Å². The average Bonchev–Trinajstić information content (AvgIpc) is 2.31. The number of ether oxygens (including phenoxy) is 1. The Morgan fingerprint density at radius 1 is 1.38 bits per heavy atom. The molecule has 16 heavy (non-hydrogen) atoms. The van der Waals surface area contributed by atoms with E-state index in [1.54, 1.807) is 36.6 Å². The van der Waals surface area contributed by atoms with E-state index in [1.165, 1.54) is 6.08 Å². The number of hydrogen-bond donors (Lipinski definition) is 1. The monoisotopic (exact) mass is 217 g/mol. The summed E-state index contributed by atoms with van der Waals surface area (Å²) in [6.45, 7) is 0.0910. The summed E-state index contributed by atoms with van der Waals surface area (Å²) in [6.07, 6.45) is 4.66. The molecule has 1 N–H and O–H groups in total. The zero-order valence-electron chi connectivity index (χ0n) is 8.54. The van der Waals surface area contributed by atoms with Gasteiger partial charge in [0.1, 0.15) is 5.75 Å². The van der Waals surface area contributed by atoms with E-state index in [2.05, 4.69) is 4.99 Å². The maximum atomic E-state index is 11.2. The van der Waals surface area contributed by atoms with Gasteiger partial charge in [0, 0.05) is 6.21 Å². The SMILES string of the molecule is O=C(O)C1(Oc2ccccc2)C=CC=NC1. The Morgan fingerprint density at radius 3 is 2.69 bits per heavy atom. The lowest BCUT2D eigenvalue weighted by atomic mass is 10.0. The summed E-state index contributed by atoms with van der Waals surface area (Å²) in [5.41, 5.74) is -1.38. The number of hydrogen-bond acceptors (Lipinski definition) is 3. The quantitative estimate of drug-likeness (QED) is 0.835. The molecule has 82 valence electrons.